The molecule has 0 aromatic carbocycles. The van der Waals surface area contributed by atoms with E-state index in [9.17, 15) is 4.79 Å². The number of aliphatic carboxylic acids is 1. The van der Waals surface area contributed by atoms with Gasteiger partial charge in [0, 0.05) is 12.8 Å². The van der Waals surface area contributed by atoms with Crippen LogP contribution in [0.5, 0.6) is 0 Å². The Hall–Kier alpha value is -1.25. The lowest BCUT2D eigenvalue weighted by atomic mass is 9.84. The van der Waals surface area contributed by atoms with Gasteiger partial charge < -0.3 is 9.52 Å². The zero-order chi connectivity index (χ0) is 10.8. The molecule has 3 heteroatoms. The van der Waals surface area contributed by atoms with Gasteiger partial charge in [-0.25, -0.2) is 0 Å². The fraction of sp³-hybridized carbons (Fsp3) is 0.583. The van der Waals surface area contributed by atoms with Crippen molar-refractivity contribution in [1.82, 2.24) is 0 Å². The molecule has 0 amide bonds. The summed E-state index contributed by atoms with van der Waals surface area (Å²) in [4.78, 5) is 10.5. The van der Waals surface area contributed by atoms with Gasteiger partial charge in [0.15, 0.2) is 0 Å². The normalized spacial score (nSPS) is 19.9. The zero-order valence-corrected chi connectivity index (χ0v) is 8.95. The van der Waals surface area contributed by atoms with Crippen molar-refractivity contribution in [3.63, 3.8) is 0 Å². The molecule has 0 spiro atoms. The molecule has 3 nitrogen and oxygen atoms in total. The quantitative estimate of drug-likeness (QED) is 0.830. The Balaban J connectivity index is 1.97. The van der Waals surface area contributed by atoms with E-state index in [-0.39, 0.29) is 6.42 Å². The summed E-state index contributed by atoms with van der Waals surface area (Å²) in [6.45, 7) is 2.07. The maximum atomic E-state index is 10.5. The molecular weight excluding hydrogens is 192 g/mol. The van der Waals surface area contributed by atoms with Gasteiger partial charge in [-0.05, 0) is 43.2 Å². The average molecular weight is 208 g/mol. The molecule has 0 saturated carbocycles. The van der Waals surface area contributed by atoms with E-state index in [1.807, 2.05) is 6.26 Å². The molecule has 15 heavy (non-hydrogen) atoms. The van der Waals surface area contributed by atoms with Crippen molar-refractivity contribution in [2.75, 3.05) is 0 Å². The minimum Gasteiger partial charge on any atom is -0.481 e. The Kier molecular flexibility index (Phi) is 2.80. The van der Waals surface area contributed by atoms with Crippen molar-refractivity contribution in [3.05, 3.63) is 23.2 Å². The molecule has 1 atom stereocenters. The van der Waals surface area contributed by atoms with Crippen LogP contribution in [0.2, 0.25) is 0 Å². The second-order valence-corrected chi connectivity index (χ2v) is 4.36. The number of fused-ring (bicyclic) bond motifs is 1. The Labute approximate surface area is 89.1 Å². The van der Waals surface area contributed by atoms with Crippen LogP contribution >= 0.6 is 0 Å². The Morgan fingerprint density at radius 1 is 1.67 bits per heavy atom. The molecule has 0 radical (unpaired) electrons. The van der Waals surface area contributed by atoms with Gasteiger partial charge in [-0.2, -0.15) is 0 Å². The van der Waals surface area contributed by atoms with Gasteiger partial charge in [0.2, 0.25) is 0 Å². The summed E-state index contributed by atoms with van der Waals surface area (Å²) >= 11 is 0. The maximum absolute atomic E-state index is 10.5. The van der Waals surface area contributed by atoms with Crippen molar-refractivity contribution in [1.29, 1.82) is 0 Å². The molecule has 2 rings (SSSR count). The summed E-state index contributed by atoms with van der Waals surface area (Å²) in [6.07, 6.45) is 5.91. The molecule has 1 aromatic rings. The highest BCUT2D eigenvalue weighted by atomic mass is 16.4. The zero-order valence-electron chi connectivity index (χ0n) is 8.95. The van der Waals surface area contributed by atoms with Crippen LogP contribution in [0.25, 0.3) is 0 Å². The second-order valence-electron chi connectivity index (χ2n) is 4.36. The fourth-order valence-electron chi connectivity index (χ4n) is 2.32. The van der Waals surface area contributed by atoms with Gasteiger partial charge in [0.25, 0.3) is 0 Å². The first-order chi connectivity index (χ1) is 7.16. The number of carbonyl (C=O) groups is 1. The van der Waals surface area contributed by atoms with Crippen LogP contribution in [0.4, 0.5) is 0 Å². The molecule has 82 valence electrons. The monoisotopic (exact) mass is 208 g/mol. The second kappa shape index (κ2) is 4.09. The van der Waals surface area contributed by atoms with Crippen LogP contribution < -0.4 is 0 Å². The van der Waals surface area contributed by atoms with Crippen molar-refractivity contribution < 1.29 is 14.3 Å². The fourth-order valence-corrected chi connectivity index (χ4v) is 2.32. The van der Waals surface area contributed by atoms with Gasteiger partial charge in [-0.3, -0.25) is 4.79 Å². The lowest BCUT2D eigenvalue weighted by Crippen LogP contribution is -2.14. The molecule has 1 aliphatic carbocycles. The Morgan fingerprint density at radius 2 is 2.47 bits per heavy atom. The molecule has 0 fully saturated rings. The Bertz CT molecular complexity index is 365. The summed E-state index contributed by atoms with van der Waals surface area (Å²) in [7, 11) is 0. The molecule has 0 saturated heterocycles. The van der Waals surface area contributed by atoms with Gasteiger partial charge >= 0.3 is 5.97 Å². The molecule has 1 N–H and O–H groups in total. The number of carboxylic acid groups (broad SMARTS) is 1. The number of carboxylic acids is 1. The largest absolute Gasteiger partial charge is 0.481 e. The summed E-state index contributed by atoms with van der Waals surface area (Å²) in [5, 5.41) is 8.62. The van der Waals surface area contributed by atoms with E-state index in [0.717, 1.165) is 31.4 Å². The van der Waals surface area contributed by atoms with Crippen LogP contribution in [0.3, 0.4) is 0 Å². The van der Waals surface area contributed by atoms with Gasteiger partial charge in [-0.1, -0.05) is 0 Å². The van der Waals surface area contributed by atoms with E-state index < -0.39 is 5.97 Å². The number of hydrogen-bond donors (Lipinski definition) is 1. The number of aryl methyl sites for hydroxylation is 1. The van der Waals surface area contributed by atoms with Crippen LogP contribution in [0, 0.1) is 12.8 Å². The van der Waals surface area contributed by atoms with Crippen LogP contribution in [0.15, 0.2) is 10.7 Å². The van der Waals surface area contributed by atoms with Gasteiger partial charge in [-0.15, -0.1) is 0 Å². The minimum atomic E-state index is -0.698. The number of furan rings is 1. The van der Waals surface area contributed by atoms with E-state index in [0.29, 0.717) is 5.92 Å². The first kappa shape index (κ1) is 10.3. The highest BCUT2D eigenvalue weighted by molar-refractivity contribution is 5.66. The van der Waals surface area contributed by atoms with E-state index >= 15 is 0 Å². The van der Waals surface area contributed by atoms with Crippen molar-refractivity contribution in [3.8, 4) is 0 Å². The SMILES string of the molecule is Cc1coc2c1CCC(CCC(=O)O)C2. The van der Waals surface area contributed by atoms with E-state index in [4.69, 9.17) is 9.52 Å². The molecule has 0 bridgehead atoms. The smallest absolute Gasteiger partial charge is 0.303 e. The Morgan fingerprint density at radius 3 is 3.20 bits per heavy atom. The maximum Gasteiger partial charge on any atom is 0.303 e. The predicted molar refractivity (Wildman–Crippen MR) is 55.8 cm³/mol. The highest BCUT2D eigenvalue weighted by Gasteiger charge is 2.23. The van der Waals surface area contributed by atoms with Crippen molar-refractivity contribution >= 4 is 5.97 Å². The van der Waals surface area contributed by atoms with Crippen molar-refractivity contribution in [2.24, 2.45) is 5.92 Å². The summed E-state index contributed by atoms with van der Waals surface area (Å²) in [6, 6.07) is 0. The third kappa shape index (κ3) is 2.22. The van der Waals surface area contributed by atoms with Crippen LogP contribution in [0.1, 0.15) is 36.1 Å². The predicted octanol–water partition coefficient (Wildman–Crippen LogP) is 2.56. The van der Waals surface area contributed by atoms with Gasteiger partial charge in [0.1, 0.15) is 5.76 Å². The van der Waals surface area contributed by atoms with E-state index in [1.54, 1.807) is 0 Å². The summed E-state index contributed by atoms with van der Waals surface area (Å²) in [5.41, 5.74) is 2.59. The molecule has 1 aromatic heterocycles. The summed E-state index contributed by atoms with van der Waals surface area (Å²) < 4.78 is 5.48. The van der Waals surface area contributed by atoms with Crippen LogP contribution in [-0.4, -0.2) is 11.1 Å². The van der Waals surface area contributed by atoms with E-state index in [1.165, 1.54) is 11.1 Å². The molecular formula is C12H16O3. The standard InChI is InChI=1S/C12H16O3/c1-8-7-15-11-6-9(2-4-10(8)11)3-5-12(13)14/h7,9H,2-6H2,1H3,(H,13,14). The average Bonchev–Trinajstić information content (AvgIpc) is 2.57. The lowest BCUT2D eigenvalue weighted by molar-refractivity contribution is -0.137. The molecule has 1 heterocycles. The third-order valence-electron chi connectivity index (χ3n) is 3.23. The first-order valence-corrected chi connectivity index (χ1v) is 5.44. The minimum absolute atomic E-state index is 0.277. The molecule has 1 aliphatic rings. The molecule has 0 aliphatic heterocycles. The van der Waals surface area contributed by atoms with Gasteiger partial charge in [0.05, 0.1) is 6.26 Å². The number of hydrogen-bond acceptors (Lipinski definition) is 2. The summed E-state index contributed by atoms with van der Waals surface area (Å²) in [5.74, 6) is 0.865. The molecule has 1 unspecified atom stereocenters. The highest BCUT2D eigenvalue weighted by Crippen LogP contribution is 2.31. The number of rotatable bonds is 3. The third-order valence-corrected chi connectivity index (χ3v) is 3.23. The van der Waals surface area contributed by atoms with E-state index in [2.05, 4.69) is 6.92 Å². The lowest BCUT2D eigenvalue weighted by Gasteiger charge is -2.20. The first-order valence-electron chi connectivity index (χ1n) is 5.44. The van der Waals surface area contributed by atoms with Crippen LogP contribution in [-0.2, 0) is 17.6 Å². The topological polar surface area (TPSA) is 50.4 Å². The van der Waals surface area contributed by atoms with Crippen molar-refractivity contribution in [2.45, 2.75) is 39.0 Å².